The van der Waals surface area contributed by atoms with Crippen molar-refractivity contribution in [3.05, 3.63) is 47.5 Å². The van der Waals surface area contributed by atoms with Crippen LogP contribution >= 0.6 is 0 Å². The van der Waals surface area contributed by atoms with Crippen molar-refractivity contribution in [2.24, 2.45) is 0 Å². The van der Waals surface area contributed by atoms with Gasteiger partial charge in [-0.2, -0.15) is 0 Å². The summed E-state index contributed by atoms with van der Waals surface area (Å²) in [6.07, 6.45) is 2.45. The first-order chi connectivity index (χ1) is 11.5. The summed E-state index contributed by atoms with van der Waals surface area (Å²) in [7, 11) is 0. The minimum atomic E-state index is 0.0363. The van der Waals surface area contributed by atoms with Crippen LogP contribution in [0.3, 0.4) is 0 Å². The van der Waals surface area contributed by atoms with Crippen LogP contribution in [0.1, 0.15) is 37.3 Å². The van der Waals surface area contributed by atoms with Gasteiger partial charge in [0.2, 0.25) is 11.8 Å². The summed E-state index contributed by atoms with van der Waals surface area (Å²) in [5, 5.41) is 2.92. The van der Waals surface area contributed by atoms with E-state index in [4.69, 9.17) is 4.42 Å². The molecule has 0 radical (unpaired) electrons. The van der Waals surface area contributed by atoms with Gasteiger partial charge in [0, 0.05) is 17.7 Å². The summed E-state index contributed by atoms with van der Waals surface area (Å²) in [5.74, 6) is 0.639. The lowest BCUT2D eigenvalue weighted by atomic mass is 10.1. The van der Waals surface area contributed by atoms with Crippen LogP contribution in [-0.4, -0.2) is 10.9 Å². The average molecular weight is 322 g/mol. The number of fused-ring (bicyclic) bond motifs is 1. The fourth-order valence-corrected chi connectivity index (χ4v) is 2.79. The highest BCUT2D eigenvalue weighted by atomic mass is 16.3. The Morgan fingerprint density at radius 1 is 1.12 bits per heavy atom. The van der Waals surface area contributed by atoms with E-state index >= 15 is 0 Å². The van der Waals surface area contributed by atoms with Gasteiger partial charge >= 0.3 is 0 Å². The highest BCUT2D eigenvalue weighted by Crippen LogP contribution is 2.27. The number of aryl methyl sites for hydroxylation is 2. The quantitative estimate of drug-likeness (QED) is 0.699. The Morgan fingerprint density at radius 3 is 2.58 bits per heavy atom. The normalized spacial score (nSPS) is 11.0. The van der Waals surface area contributed by atoms with Crippen LogP contribution in [0, 0.1) is 13.8 Å². The zero-order valence-electron chi connectivity index (χ0n) is 14.3. The molecule has 0 bridgehead atoms. The minimum absolute atomic E-state index is 0.0363. The summed E-state index contributed by atoms with van der Waals surface area (Å²) in [4.78, 5) is 16.4. The number of carbonyl (C=O) groups excluding carboxylic acids is 1. The van der Waals surface area contributed by atoms with Crippen molar-refractivity contribution in [3.8, 4) is 11.5 Å². The Morgan fingerprint density at radius 2 is 1.88 bits per heavy atom. The second-order valence-corrected chi connectivity index (χ2v) is 6.23. The zero-order chi connectivity index (χ0) is 17.1. The first kappa shape index (κ1) is 16.2. The molecule has 24 heavy (non-hydrogen) atoms. The number of nitrogens with zero attached hydrogens (tertiary/aromatic N) is 1. The average Bonchev–Trinajstić information content (AvgIpc) is 2.95. The second-order valence-electron chi connectivity index (χ2n) is 6.23. The lowest BCUT2D eigenvalue weighted by Crippen LogP contribution is -2.10. The number of unbranched alkanes of at least 4 members (excludes halogenated alkanes) is 1. The highest BCUT2D eigenvalue weighted by molar-refractivity contribution is 5.93. The Labute approximate surface area is 141 Å². The van der Waals surface area contributed by atoms with Crippen LogP contribution in [0.4, 0.5) is 5.69 Å². The van der Waals surface area contributed by atoms with Gasteiger partial charge in [-0.1, -0.05) is 30.5 Å². The molecule has 1 aromatic heterocycles. The topological polar surface area (TPSA) is 55.1 Å². The number of carbonyl (C=O) groups is 1. The van der Waals surface area contributed by atoms with Gasteiger partial charge in [0.15, 0.2) is 5.58 Å². The minimum Gasteiger partial charge on any atom is -0.436 e. The molecule has 0 aliphatic heterocycles. The van der Waals surface area contributed by atoms with Crippen LogP contribution < -0.4 is 5.32 Å². The maximum atomic E-state index is 11.9. The van der Waals surface area contributed by atoms with E-state index in [0.29, 0.717) is 12.3 Å². The number of anilines is 1. The van der Waals surface area contributed by atoms with Crippen LogP contribution in [-0.2, 0) is 4.79 Å². The Balaban J connectivity index is 1.87. The van der Waals surface area contributed by atoms with Gasteiger partial charge in [0.05, 0.1) is 0 Å². The molecule has 0 saturated heterocycles. The molecule has 0 aliphatic carbocycles. The summed E-state index contributed by atoms with van der Waals surface area (Å²) in [5.41, 5.74) is 5.54. The van der Waals surface area contributed by atoms with Crippen molar-refractivity contribution in [1.29, 1.82) is 0 Å². The van der Waals surface area contributed by atoms with Gasteiger partial charge in [-0.15, -0.1) is 0 Å². The number of nitrogens with one attached hydrogen (secondary N) is 1. The third-order valence-electron chi connectivity index (χ3n) is 3.90. The second kappa shape index (κ2) is 6.87. The van der Waals surface area contributed by atoms with Crippen molar-refractivity contribution in [2.45, 2.75) is 40.0 Å². The van der Waals surface area contributed by atoms with Gasteiger partial charge in [-0.3, -0.25) is 4.79 Å². The van der Waals surface area contributed by atoms with E-state index in [0.717, 1.165) is 35.2 Å². The number of aromatic nitrogens is 1. The fourth-order valence-electron chi connectivity index (χ4n) is 2.79. The van der Waals surface area contributed by atoms with Crippen LogP contribution in [0.15, 0.2) is 40.8 Å². The number of rotatable bonds is 5. The molecule has 124 valence electrons. The van der Waals surface area contributed by atoms with Crippen LogP contribution in [0.2, 0.25) is 0 Å². The molecule has 3 aromatic rings. The van der Waals surface area contributed by atoms with Crippen molar-refractivity contribution in [3.63, 3.8) is 0 Å². The van der Waals surface area contributed by atoms with E-state index in [2.05, 4.69) is 49.3 Å². The molecule has 1 N–H and O–H groups in total. The number of oxazole rings is 1. The molecular formula is C20H22N2O2. The summed E-state index contributed by atoms with van der Waals surface area (Å²) >= 11 is 0. The van der Waals surface area contributed by atoms with Gasteiger partial charge in [0.1, 0.15) is 5.52 Å². The number of benzene rings is 2. The standard InChI is InChI=1S/C20H22N2O2/c1-4-5-6-19(23)21-16-7-8-18-17(12-16)22-20(24-18)15-10-13(2)9-14(3)11-15/h7-12H,4-6H2,1-3H3,(H,21,23). The van der Waals surface area contributed by atoms with E-state index in [-0.39, 0.29) is 5.91 Å². The van der Waals surface area contributed by atoms with E-state index in [9.17, 15) is 4.79 Å². The van der Waals surface area contributed by atoms with Crippen molar-refractivity contribution >= 4 is 22.7 Å². The molecule has 4 nitrogen and oxygen atoms in total. The molecule has 0 fully saturated rings. The maximum Gasteiger partial charge on any atom is 0.227 e. The molecule has 0 unspecified atom stereocenters. The van der Waals surface area contributed by atoms with E-state index in [1.165, 1.54) is 11.1 Å². The van der Waals surface area contributed by atoms with Gasteiger partial charge in [-0.25, -0.2) is 4.98 Å². The van der Waals surface area contributed by atoms with Crippen LogP contribution in [0.25, 0.3) is 22.6 Å². The number of hydrogen-bond acceptors (Lipinski definition) is 3. The largest absolute Gasteiger partial charge is 0.436 e. The molecule has 0 aliphatic rings. The molecule has 3 rings (SSSR count). The molecule has 4 heteroatoms. The highest BCUT2D eigenvalue weighted by Gasteiger charge is 2.10. The molecule has 1 heterocycles. The lowest BCUT2D eigenvalue weighted by Gasteiger charge is -2.03. The van der Waals surface area contributed by atoms with Crippen LogP contribution in [0.5, 0.6) is 0 Å². The SMILES string of the molecule is CCCCC(=O)Nc1ccc2oc(-c3cc(C)cc(C)c3)nc2c1. The van der Waals surface area contributed by atoms with Crippen molar-refractivity contribution < 1.29 is 9.21 Å². The monoisotopic (exact) mass is 322 g/mol. The predicted octanol–water partition coefficient (Wildman–Crippen LogP) is 5.24. The van der Waals surface area contributed by atoms with E-state index in [1.54, 1.807) is 0 Å². The first-order valence-electron chi connectivity index (χ1n) is 8.34. The Kier molecular flexibility index (Phi) is 4.65. The Hall–Kier alpha value is -2.62. The lowest BCUT2D eigenvalue weighted by molar-refractivity contribution is -0.116. The molecule has 2 aromatic carbocycles. The smallest absolute Gasteiger partial charge is 0.227 e. The number of hydrogen-bond donors (Lipinski definition) is 1. The predicted molar refractivity (Wildman–Crippen MR) is 97.1 cm³/mol. The van der Waals surface area contributed by atoms with Crippen molar-refractivity contribution in [1.82, 2.24) is 4.98 Å². The first-order valence-corrected chi connectivity index (χ1v) is 8.34. The molecular weight excluding hydrogens is 300 g/mol. The molecule has 0 atom stereocenters. The maximum absolute atomic E-state index is 11.9. The molecule has 1 amide bonds. The summed E-state index contributed by atoms with van der Waals surface area (Å²) in [6, 6.07) is 11.8. The summed E-state index contributed by atoms with van der Waals surface area (Å²) < 4.78 is 5.87. The third kappa shape index (κ3) is 3.65. The van der Waals surface area contributed by atoms with Gasteiger partial charge in [0.25, 0.3) is 0 Å². The van der Waals surface area contributed by atoms with E-state index in [1.807, 2.05) is 18.2 Å². The van der Waals surface area contributed by atoms with E-state index < -0.39 is 0 Å². The third-order valence-corrected chi connectivity index (χ3v) is 3.90. The Bertz CT molecular complexity index is 860. The fraction of sp³-hybridized carbons (Fsp3) is 0.300. The zero-order valence-corrected chi connectivity index (χ0v) is 14.3. The summed E-state index contributed by atoms with van der Waals surface area (Å²) in [6.45, 7) is 6.19. The van der Waals surface area contributed by atoms with Gasteiger partial charge in [-0.05, 0) is 50.6 Å². The molecule has 0 spiro atoms. The van der Waals surface area contributed by atoms with Gasteiger partial charge < -0.3 is 9.73 Å². The number of amides is 1. The van der Waals surface area contributed by atoms with Crippen molar-refractivity contribution in [2.75, 3.05) is 5.32 Å². The molecule has 0 saturated carbocycles.